The van der Waals surface area contributed by atoms with Gasteiger partial charge >= 0.3 is 27.7 Å². The first-order valence-corrected chi connectivity index (χ1v) is 5.02. The maximum atomic E-state index is 10.5. The molecule has 0 spiro atoms. The summed E-state index contributed by atoms with van der Waals surface area (Å²) in [5.41, 5.74) is 0.350. The largest absolute Gasteiger partial charge is 4.00 e. The first-order valence-electron chi connectivity index (χ1n) is 5.02. The van der Waals surface area contributed by atoms with Gasteiger partial charge in [-0.15, -0.1) is 0 Å². The van der Waals surface area contributed by atoms with E-state index in [0.717, 1.165) is 12.8 Å². The second-order valence-electron chi connectivity index (χ2n) is 3.53. The zero-order chi connectivity index (χ0) is 10.3. The van der Waals surface area contributed by atoms with Gasteiger partial charge in [-0.25, -0.2) is 4.79 Å². The Kier molecular flexibility index (Phi) is 23.1. The Hall–Kier alpha value is -0.156. The van der Waals surface area contributed by atoms with Crippen molar-refractivity contribution < 1.29 is 42.6 Å². The predicted octanol–water partition coefficient (Wildman–Crippen LogP) is 2.99. The van der Waals surface area contributed by atoms with Crippen molar-refractivity contribution in [2.75, 3.05) is 0 Å². The van der Waals surface area contributed by atoms with Crippen LogP contribution in [0, 0.1) is 5.92 Å². The molecule has 0 radical (unpaired) electrons. The SMILES string of the molecule is C=C(CC(CC)CCCC)C(=O)O.[O-2].[O-2].[Ti+4]. The number of carboxylic acid groups (broad SMARTS) is 1. The van der Waals surface area contributed by atoms with E-state index in [1.807, 2.05) is 0 Å². The molecule has 0 saturated heterocycles. The van der Waals surface area contributed by atoms with Crippen LogP contribution < -0.4 is 0 Å². The van der Waals surface area contributed by atoms with Crippen molar-refractivity contribution in [3.8, 4) is 0 Å². The van der Waals surface area contributed by atoms with E-state index >= 15 is 0 Å². The van der Waals surface area contributed by atoms with E-state index in [9.17, 15) is 4.79 Å². The third-order valence-electron chi connectivity index (χ3n) is 2.38. The van der Waals surface area contributed by atoms with Crippen LogP contribution in [0.4, 0.5) is 0 Å². The zero-order valence-electron chi connectivity index (χ0n) is 9.99. The summed E-state index contributed by atoms with van der Waals surface area (Å²) in [6, 6.07) is 0. The monoisotopic (exact) mass is 264 g/mol. The minimum absolute atomic E-state index is 0. The molecule has 16 heavy (non-hydrogen) atoms. The maximum absolute atomic E-state index is 10.5. The topological polar surface area (TPSA) is 94.3 Å². The van der Waals surface area contributed by atoms with E-state index in [-0.39, 0.29) is 32.7 Å². The number of rotatable bonds is 7. The molecule has 0 aliphatic heterocycles. The molecule has 0 aromatic rings. The van der Waals surface area contributed by atoms with Gasteiger partial charge in [0.15, 0.2) is 0 Å². The van der Waals surface area contributed by atoms with Crippen LogP contribution in [0.15, 0.2) is 12.2 Å². The number of unbranched alkanes of at least 4 members (excludes halogenated alkanes) is 1. The number of carboxylic acids is 1. The number of aliphatic carboxylic acids is 1. The second-order valence-corrected chi connectivity index (χ2v) is 3.53. The molecule has 4 nitrogen and oxygen atoms in total. The zero-order valence-corrected chi connectivity index (χ0v) is 11.6. The minimum Gasteiger partial charge on any atom is -2.00 e. The molecule has 0 aliphatic carbocycles. The summed E-state index contributed by atoms with van der Waals surface area (Å²) in [7, 11) is 0. The molecule has 5 heteroatoms. The fourth-order valence-electron chi connectivity index (χ4n) is 1.38. The van der Waals surface area contributed by atoms with Crippen molar-refractivity contribution in [1.29, 1.82) is 0 Å². The van der Waals surface area contributed by atoms with Crippen molar-refractivity contribution in [3.05, 3.63) is 12.2 Å². The van der Waals surface area contributed by atoms with E-state index < -0.39 is 5.97 Å². The van der Waals surface area contributed by atoms with Crippen LogP contribution in [0.3, 0.4) is 0 Å². The van der Waals surface area contributed by atoms with Gasteiger partial charge in [0, 0.05) is 5.57 Å². The molecule has 0 fully saturated rings. The standard InChI is InChI=1S/C11H20O2.2O.Ti/c1-4-6-7-10(5-2)8-9(3)11(12)13;;;/h10H,3-8H2,1-2H3,(H,12,13);;;/q;2*-2;+4. The van der Waals surface area contributed by atoms with Crippen LogP contribution in [0.25, 0.3) is 0 Å². The number of hydrogen-bond acceptors (Lipinski definition) is 1. The molecule has 0 saturated carbocycles. The molecule has 1 N–H and O–H groups in total. The van der Waals surface area contributed by atoms with Gasteiger partial charge in [0.2, 0.25) is 0 Å². The van der Waals surface area contributed by atoms with Crippen molar-refractivity contribution in [2.24, 2.45) is 5.92 Å². The van der Waals surface area contributed by atoms with Crippen molar-refractivity contribution in [2.45, 2.75) is 46.0 Å². The first-order chi connectivity index (χ1) is 6.11. The molecule has 1 atom stereocenters. The summed E-state index contributed by atoms with van der Waals surface area (Å²) in [5, 5.41) is 8.65. The van der Waals surface area contributed by atoms with Crippen LogP contribution >= 0.6 is 0 Å². The van der Waals surface area contributed by atoms with Gasteiger partial charge in [-0.2, -0.15) is 0 Å². The van der Waals surface area contributed by atoms with Gasteiger partial charge in [0.25, 0.3) is 0 Å². The Morgan fingerprint density at radius 3 is 2.12 bits per heavy atom. The molecular formula is C11H20O4Ti. The molecule has 0 rings (SSSR count). The maximum Gasteiger partial charge on any atom is 4.00 e. The molecule has 0 aromatic heterocycles. The van der Waals surface area contributed by atoms with Crippen LogP contribution in [-0.4, -0.2) is 11.1 Å². The molecule has 0 bridgehead atoms. The molecule has 0 aliphatic rings. The summed E-state index contributed by atoms with van der Waals surface area (Å²) in [6.45, 7) is 7.81. The average molecular weight is 264 g/mol. The van der Waals surface area contributed by atoms with Crippen molar-refractivity contribution >= 4 is 5.97 Å². The Bertz CT molecular complexity index is 183. The Labute approximate surface area is 113 Å². The normalized spacial score (nSPS) is 10.1. The third kappa shape index (κ3) is 11.9. The van der Waals surface area contributed by atoms with Crippen molar-refractivity contribution in [1.82, 2.24) is 0 Å². The molecule has 0 aromatic carbocycles. The van der Waals surface area contributed by atoms with Gasteiger partial charge in [-0.05, 0) is 12.3 Å². The molecule has 0 amide bonds. The summed E-state index contributed by atoms with van der Waals surface area (Å²) >= 11 is 0. The Morgan fingerprint density at radius 1 is 1.31 bits per heavy atom. The minimum atomic E-state index is -0.852. The second kappa shape index (κ2) is 14.8. The molecule has 0 heterocycles. The molecule has 1 unspecified atom stereocenters. The first kappa shape index (κ1) is 24.9. The van der Waals surface area contributed by atoms with Crippen LogP contribution in [0.2, 0.25) is 0 Å². The summed E-state index contributed by atoms with van der Waals surface area (Å²) in [4.78, 5) is 10.5. The van der Waals surface area contributed by atoms with Crippen LogP contribution in [0.5, 0.6) is 0 Å². The van der Waals surface area contributed by atoms with E-state index in [1.54, 1.807) is 0 Å². The van der Waals surface area contributed by atoms with E-state index in [1.165, 1.54) is 12.8 Å². The van der Waals surface area contributed by atoms with Gasteiger partial charge < -0.3 is 16.1 Å². The van der Waals surface area contributed by atoms with Gasteiger partial charge in [-0.1, -0.05) is 46.1 Å². The third-order valence-corrected chi connectivity index (χ3v) is 2.38. The Morgan fingerprint density at radius 2 is 1.81 bits per heavy atom. The van der Waals surface area contributed by atoms with E-state index in [2.05, 4.69) is 20.4 Å². The van der Waals surface area contributed by atoms with Crippen LogP contribution in [0.1, 0.15) is 46.0 Å². The van der Waals surface area contributed by atoms with Crippen molar-refractivity contribution in [3.63, 3.8) is 0 Å². The average Bonchev–Trinajstić information content (AvgIpc) is 2.11. The van der Waals surface area contributed by atoms with E-state index in [0.29, 0.717) is 17.9 Å². The van der Waals surface area contributed by atoms with Gasteiger partial charge in [-0.3, -0.25) is 0 Å². The fourth-order valence-corrected chi connectivity index (χ4v) is 1.38. The van der Waals surface area contributed by atoms with Crippen LogP contribution in [-0.2, 0) is 37.5 Å². The fraction of sp³-hybridized carbons (Fsp3) is 0.727. The van der Waals surface area contributed by atoms with Gasteiger partial charge in [0.1, 0.15) is 0 Å². The molecule has 92 valence electrons. The Balaban J connectivity index is -0.000000240. The number of carbonyl (C=O) groups is 1. The molecular weight excluding hydrogens is 244 g/mol. The van der Waals surface area contributed by atoms with Gasteiger partial charge in [0.05, 0.1) is 0 Å². The predicted molar refractivity (Wildman–Crippen MR) is 56.1 cm³/mol. The summed E-state index contributed by atoms with van der Waals surface area (Å²) in [6.07, 6.45) is 5.18. The van der Waals surface area contributed by atoms with E-state index in [4.69, 9.17) is 5.11 Å². The number of hydrogen-bond donors (Lipinski definition) is 1. The quantitative estimate of drug-likeness (QED) is 0.565. The summed E-state index contributed by atoms with van der Waals surface area (Å²) < 4.78 is 0. The summed E-state index contributed by atoms with van der Waals surface area (Å²) in [5.74, 6) is -0.349. The smallest absolute Gasteiger partial charge is 2.00 e.